The van der Waals surface area contributed by atoms with Crippen LogP contribution in [0.2, 0.25) is 0 Å². The number of hydrogen-bond donors (Lipinski definition) is 2. The number of carbonyl (C=O) groups excluding carboxylic acids is 1. The van der Waals surface area contributed by atoms with Crippen LogP contribution in [0.25, 0.3) is 10.9 Å². The van der Waals surface area contributed by atoms with Crippen molar-refractivity contribution in [3.05, 3.63) is 36.0 Å². The van der Waals surface area contributed by atoms with E-state index in [1.165, 1.54) is 0 Å². The molecule has 3 heteroatoms. The van der Waals surface area contributed by atoms with Crippen LogP contribution in [0.4, 0.5) is 0 Å². The number of nitrogens with one attached hydrogen (secondary N) is 2. The highest BCUT2D eigenvalue weighted by atomic mass is 16.1. The number of ketones is 1. The number of aromatic amines is 1. The molecule has 2 aliphatic rings. The lowest BCUT2D eigenvalue weighted by molar-refractivity contribution is 0.0942. The van der Waals surface area contributed by atoms with Gasteiger partial charge in [-0.25, -0.2) is 0 Å². The molecule has 0 bridgehead atoms. The number of benzene rings is 1. The second-order valence-electron chi connectivity index (χ2n) is 5.98. The Kier molecular flexibility index (Phi) is 2.33. The van der Waals surface area contributed by atoms with E-state index in [1.54, 1.807) is 0 Å². The molecule has 3 nitrogen and oxygen atoms in total. The molecule has 2 fully saturated rings. The number of H-pyrrole nitrogens is 1. The molecule has 0 amide bonds. The fraction of sp³-hybridized carbons (Fsp3) is 0.438. The first-order valence-electron chi connectivity index (χ1n) is 7.11. The fourth-order valence-electron chi connectivity index (χ4n) is 3.66. The number of rotatable bonds is 2. The Morgan fingerprint density at radius 1 is 1.21 bits per heavy atom. The largest absolute Gasteiger partial charge is 0.360 e. The minimum absolute atomic E-state index is 0.258. The molecule has 1 aromatic heterocycles. The van der Waals surface area contributed by atoms with Crippen LogP contribution < -0.4 is 5.32 Å². The molecule has 1 unspecified atom stereocenters. The molecule has 1 spiro atoms. The summed E-state index contributed by atoms with van der Waals surface area (Å²) in [6, 6.07) is 8.06. The van der Waals surface area contributed by atoms with Gasteiger partial charge in [-0.05, 0) is 43.8 Å². The molecule has 1 aliphatic carbocycles. The van der Waals surface area contributed by atoms with E-state index in [9.17, 15) is 4.79 Å². The maximum Gasteiger partial charge on any atom is 0.168 e. The highest BCUT2D eigenvalue weighted by Gasteiger charge is 2.57. The normalized spacial score (nSPS) is 24.7. The number of piperidine rings is 1. The van der Waals surface area contributed by atoms with E-state index in [0.717, 1.165) is 48.8 Å². The van der Waals surface area contributed by atoms with Gasteiger partial charge in [0.2, 0.25) is 0 Å². The molecule has 2 aromatic rings. The molecule has 1 saturated heterocycles. The van der Waals surface area contributed by atoms with Crippen LogP contribution in [0.3, 0.4) is 0 Å². The molecule has 1 aromatic carbocycles. The molecular formula is C16H18N2O. The molecule has 19 heavy (non-hydrogen) atoms. The molecule has 1 atom stereocenters. The van der Waals surface area contributed by atoms with Gasteiger partial charge in [-0.15, -0.1) is 0 Å². The number of fused-ring (bicyclic) bond motifs is 1. The molecule has 98 valence electrons. The SMILES string of the molecule is O=C(c1c[nH]c2ccccc12)C1CC12CCNCC2. The first kappa shape index (κ1) is 11.2. The van der Waals surface area contributed by atoms with E-state index >= 15 is 0 Å². The van der Waals surface area contributed by atoms with Crippen LogP contribution in [0.15, 0.2) is 30.5 Å². The summed E-state index contributed by atoms with van der Waals surface area (Å²) in [6.07, 6.45) is 5.30. The first-order chi connectivity index (χ1) is 9.30. The first-order valence-corrected chi connectivity index (χ1v) is 7.11. The average Bonchev–Trinajstić information content (AvgIpc) is 2.97. The Hall–Kier alpha value is -1.61. The van der Waals surface area contributed by atoms with Crippen LogP contribution in [-0.4, -0.2) is 23.9 Å². The van der Waals surface area contributed by atoms with E-state index in [-0.39, 0.29) is 5.92 Å². The molecule has 0 radical (unpaired) electrons. The van der Waals surface area contributed by atoms with E-state index in [4.69, 9.17) is 0 Å². The lowest BCUT2D eigenvalue weighted by atomic mass is 9.89. The number of Topliss-reactive ketones (excluding diaryl/α,β-unsaturated/α-hetero) is 1. The van der Waals surface area contributed by atoms with Gasteiger partial charge in [0.25, 0.3) is 0 Å². The summed E-state index contributed by atoms with van der Waals surface area (Å²) >= 11 is 0. The van der Waals surface area contributed by atoms with E-state index < -0.39 is 0 Å². The van der Waals surface area contributed by atoms with Crippen molar-refractivity contribution in [1.82, 2.24) is 10.3 Å². The Morgan fingerprint density at radius 3 is 2.84 bits per heavy atom. The van der Waals surface area contributed by atoms with Crippen molar-refractivity contribution in [2.75, 3.05) is 13.1 Å². The van der Waals surface area contributed by atoms with Crippen molar-refractivity contribution >= 4 is 16.7 Å². The average molecular weight is 254 g/mol. The fourth-order valence-corrected chi connectivity index (χ4v) is 3.66. The third-order valence-electron chi connectivity index (χ3n) is 4.96. The number of hydrogen-bond acceptors (Lipinski definition) is 2. The van der Waals surface area contributed by atoms with E-state index in [1.807, 2.05) is 30.5 Å². The quantitative estimate of drug-likeness (QED) is 0.809. The Bertz CT molecular complexity index is 637. The summed E-state index contributed by atoms with van der Waals surface area (Å²) < 4.78 is 0. The van der Waals surface area contributed by atoms with Crippen molar-refractivity contribution < 1.29 is 4.79 Å². The lowest BCUT2D eigenvalue weighted by Gasteiger charge is -2.23. The number of para-hydroxylation sites is 1. The van der Waals surface area contributed by atoms with E-state index in [2.05, 4.69) is 10.3 Å². The van der Waals surface area contributed by atoms with Crippen LogP contribution in [0.5, 0.6) is 0 Å². The highest BCUT2D eigenvalue weighted by molar-refractivity contribution is 6.10. The summed E-state index contributed by atoms with van der Waals surface area (Å²) in [6.45, 7) is 2.13. The summed E-state index contributed by atoms with van der Waals surface area (Å²) in [5, 5.41) is 4.46. The van der Waals surface area contributed by atoms with Gasteiger partial charge < -0.3 is 10.3 Å². The van der Waals surface area contributed by atoms with Gasteiger partial charge in [0, 0.05) is 28.6 Å². The van der Waals surface area contributed by atoms with E-state index in [0.29, 0.717) is 11.2 Å². The third kappa shape index (κ3) is 1.65. The van der Waals surface area contributed by atoms with Gasteiger partial charge in [-0.3, -0.25) is 4.79 Å². The molecular weight excluding hydrogens is 236 g/mol. The third-order valence-corrected chi connectivity index (χ3v) is 4.96. The van der Waals surface area contributed by atoms with Crippen LogP contribution >= 0.6 is 0 Å². The van der Waals surface area contributed by atoms with Crippen LogP contribution in [0.1, 0.15) is 29.6 Å². The molecule has 1 aliphatic heterocycles. The smallest absolute Gasteiger partial charge is 0.168 e. The molecule has 4 rings (SSSR count). The summed E-state index contributed by atoms with van der Waals surface area (Å²) in [7, 11) is 0. The Morgan fingerprint density at radius 2 is 2.00 bits per heavy atom. The zero-order chi connectivity index (χ0) is 12.9. The predicted octanol–water partition coefficient (Wildman–Crippen LogP) is 2.74. The van der Waals surface area contributed by atoms with Crippen molar-refractivity contribution in [2.24, 2.45) is 11.3 Å². The van der Waals surface area contributed by atoms with Gasteiger partial charge in [-0.1, -0.05) is 18.2 Å². The van der Waals surface area contributed by atoms with Crippen LogP contribution in [0, 0.1) is 11.3 Å². The monoisotopic (exact) mass is 254 g/mol. The zero-order valence-electron chi connectivity index (χ0n) is 10.9. The van der Waals surface area contributed by atoms with Gasteiger partial charge in [0.1, 0.15) is 0 Å². The van der Waals surface area contributed by atoms with Crippen molar-refractivity contribution in [3.63, 3.8) is 0 Å². The molecule has 1 saturated carbocycles. The second kappa shape index (κ2) is 3.94. The minimum Gasteiger partial charge on any atom is -0.360 e. The summed E-state index contributed by atoms with van der Waals surface area (Å²) in [5.74, 6) is 0.605. The van der Waals surface area contributed by atoms with Crippen molar-refractivity contribution in [2.45, 2.75) is 19.3 Å². The molecule has 2 N–H and O–H groups in total. The summed E-state index contributed by atoms with van der Waals surface area (Å²) in [5.41, 5.74) is 2.27. The molecule has 2 heterocycles. The van der Waals surface area contributed by atoms with Crippen molar-refractivity contribution in [3.8, 4) is 0 Å². The topological polar surface area (TPSA) is 44.9 Å². The van der Waals surface area contributed by atoms with Gasteiger partial charge in [0.15, 0.2) is 5.78 Å². The highest BCUT2D eigenvalue weighted by Crippen LogP contribution is 2.59. The zero-order valence-corrected chi connectivity index (χ0v) is 10.9. The second-order valence-corrected chi connectivity index (χ2v) is 5.98. The standard InChI is InChI=1S/C16H18N2O/c19-15(13-9-16(13)5-7-17-8-6-16)12-10-18-14-4-2-1-3-11(12)14/h1-4,10,13,17-18H,5-9H2. The number of aromatic nitrogens is 1. The van der Waals surface area contributed by atoms with Gasteiger partial charge in [-0.2, -0.15) is 0 Å². The lowest BCUT2D eigenvalue weighted by Crippen LogP contribution is -2.30. The van der Waals surface area contributed by atoms with Crippen molar-refractivity contribution in [1.29, 1.82) is 0 Å². The Balaban J connectivity index is 1.65. The minimum atomic E-state index is 0.258. The maximum atomic E-state index is 12.7. The predicted molar refractivity (Wildman–Crippen MR) is 75.3 cm³/mol. The number of carbonyl (C=O) groups is 1. The van der Waals surface area contributed by atoms with Gasteiger partial charge >= 0.3 is 0 Å². The Labute approximate surface area is 112 Å². The van der Waals surface area contributed by atoms with Gasteiger partial charge in [0.05, 0.1) is 0 Å². The summed E-state index contributed by atoms with van der Waals surface area (Å²) in [4.78, 5) is 15.9. The van der Waals surface area contributed by atoms with Crippen LogP contribution in [-0.2, 0) is 0 Å². The maximum absolute atomic E-state index is 12.7.